The van der Waals surface area contributed by atoms with Crippen molar-refractivity contribution in [2.75, 3.05) is 13.7 Å². The SMILES string of the molecule is COCCCn1c(=O)c2ccccc2n2c(SCc3ccc(Cl)c(Cl)c3)nnc12. The van der Waals surface area contributed by atoms with Gasteiger partial charge in [-0.15, -0.1) is 10.2 Å². The van der Waals surface area contributed by atoms with Crippen LogP contribution in [0, 0.1) is 0 Å². The van der Waals surface area contributed by atoms with Gasteiger partial charge in [0.1, 0.15) is 0 Å². The number of halogens is 2. The lowest BCUT2D eigenvalue weighted by Crippen LogP contribution is -2.24. The van der Waals surface area contributed by atoms with Crippen LogP contribution in [-0.4, -0.2) is 32.9 Å². The van der Waals surface area contributed by atoms with E-state index < -0.39 is 0 Å². The standard InChI is InChI=1S/C20H18Cl2N4O2S/c1-28-10-4-9-25-18(27)14-5-2-3-6-17(14)26-19(25)23-24-20(26)29-12-13-7-8-15(21)16(22)11-13/h2-3,5-8,11H,4,9-10,12H2,1H3. The van der Waals surface area contributed by atoms with E-state index in [9.17, 15) is 4.79 Å². The molecule has 0 aliphatic rings. The molecule has 0 amide bonds. The maximum atomic E-state index is 13.0. The molecule has 9 heteroatoms. The van der Waals surface area contributed by atoms with Crippen molar-refractivity contribution in [3.63, 3.8) is 0 Å². The summed E-state index contributed by atoms with van der Waals surface area (Å²) in [7, 11) is 1.65. The summed E-state index contributed by atoms with van der Waals surface area (Å²) < 4.78 is 8.73. The normalized spacial score (nSPS) is 11.6. The zero-order valence-corrected chi connectivity index (χ0v) is 18.0. The van der Waals surface area contributed by atoms with Crippen LogP contribution in [0.1, 0.15) is 12.0 Å². The number of thioether (sulfide) groups is 1. The van der Waals surface area contributed by atoms with E-state index in [4.69, 9.17) is 27.9 Å². The number of methoxy groups -OCH3 is 1. The minimum absolute atomic E-state index is 0.0716. The summed E-state index contributed by atoms with van der Waals surface area (Å²) >= 11 is 13.7. The summed E-state index contributed by atoms with van der Waals surface area (Å²) in [6.45, 7) is 1.08. The van der Waals surface area contributed by atoms with E-state index in [1.165, 1.54) is 11.8 Å². The summed E-state index contributed by atoms with van der Waals surface area (Å²) in [5, 5.41) is 11.1. The molecule has 4 rings (SSSR count). The van der Waals surface area contributed by atoms with E-state index >= 15 is 0 Å². The van der Waals surface area contributed by atoms with Crippen molar-refractivity contribution < 1.29 is 4.74 Å². The van der Waals surface area contributed by atoms with Crippen LogP contribution in [-0.2, 0) is 17.0 Å². The molecular weight excluding hydrogens is 431 g/mol. The molecule has 0 fully saturated rings. The summed E-state index contributed by atoms with van der Waals surface area (Å²) in [6.07, 6.45) is 0.711. The number of ether oxygens (including phenoxy) is 1. The molecule has 150 valence electrons. The van der Waals surface area contributed by atoms with Crippen molar-refractivity contribution in [1.29, 1.82) is 0 Å². The Balaban J connectivity index is 1.77. The Bertz CT molecular complexity index is 1240. The number of benzene rings is 2. The highest BCUT2D eigenvalue weighted by atomic mass is 35.5. The van der Waals surface area contributed by atoms with E-state index in [2.05, 4.69) is 10.2 Å². The van der Waals surface area contributed by atoms with Gasteiger partial charge in [0.05, 0.1) is 20.9 Å². The second-order valence-electron chi connectivity index (χ2n) is 6.48. The van der Waals surface area contributed by atoms with Gasteiger partial charge >= 0.3 is 0 Å². The first-order chi connectivity index (χ1) is 14.1. The quantitative estimate of drug-likeness (QED) is 0.303. The lowest BCUT2D eigenvalue weighted by molar-refractivity contribution is 0.190. The molecule has 0 radical (unpaired) electrons. The van der Waals surface area contributed by atoms with Crippen molar-refractivity contribution in [1.82, 2.24) is 19.2 Å². The number of nitrogens with zero attached hydrogens (tertiary/aromatic N) is 4. The molecule has 2 aromatic heterocycles. The van der Waals surface area contributed by atoms with E-state index in [-0.39, 0.29) is 5.56 Å². The molecule has 2 aromatic carbocycles. The summed E-state index contributed by atoms with van der Waals surface area (Å²) in [6, 6.07) is 13.1. The molecule has 29 heavy (non-hydrogen) atoms. The van der Waals surface area contributed by atoms with Crippen LogP contribution in [0.2, 0.25) is 10.0 Å². The average molecular weight is 449 g/mol. The van der Waals surface area contributed by atoms with Gasteiger partial charge in [-0.2, -0.15) is 0 Å². The third-order valence-corrected chi connectivity index (χ3v) is 6.30. The van der Waals surface area contributed by atoms with Crippen LogP contribution in [0.3, 0.4) is 0 Å². The Morgan fingerprint density at radius 1 is 1.10 bits per heavy atom. The molecule has 0 aliphatic carbocycles. The summed E-state index contributed by atoms with van der Waals surface area (Å²) in [5.41, 5.74) is 1.74. The molecule has 2 heterocycles. The first kappa shape index (κ1) is 20.2. The van der Waals surface area contributed by atoms with E-state index in [1.807, 2.05) is 40.8 Å². The third kappa shape index (κ3) is 4.00. The molecule has 0 unspecified atom stereocenters. The van der Waals surface area contributed by atoms with Crippen LogP contribution < -0.4 is 5.56 Å². The fourth-order valence-electron chi connectivity index (χ4n) is 3.17. The lowest BCUT2D eigenvalue weighted by Gasteiger charge is -2.11. The number of aryl methyl sites for hydroxylation is 1. The van der Waals surface area contributed by atoms with Crippen LogP contribution in [0.5, 0.6) is 0 Å². The second-order valence-corrected chi connectivity index (χ2v) is 8.23. The molecule has 0 saturated heterocycles. The van der Waals surface area contributed by atoms with Gasteiger partial charge in [-0.3, -0.25) is 13.8 Å². The Kier molecular flexibility index (Phi) is 6.10. The number of rotatable bonds is 7. The van der Waals surface area contributed by atoms with Crippen LogP contribution in [0.25, 0.3) is 16.7 Å². The highest BCUT2D eigenvalue weighted by Gasteiger charge is 2.16. The fourth-order valence-corrected chi connectivity index (χ4v) is 4.38. The number of aromatic nitrogens is 4. The van der Waals surface area contributed by atoms with Gasteiger partial charge in [-0.25, -0.2) is 0 Å². The molecule has 0 bridgehead atoms. The monoisotopic (exact) mass is 448 g/mol. The van der Waals surface area contributed by atoms with Gasteiger partial charge in [0, 0.05) is 26.0 Å². The van der Waals surface area contributed by atoms with Crippen molar-refractivity contribution in [3.05, 3.63) is 68.4 Å². The Morgan fingerprint density at radius 3 is 2.72 bits per heavy atom. The second kappa shape index (κ2) is 8.75. The summed E-state index contributed by atoms with van der Waals surface area (Å²) in [5.74, 6) is 1.18. The predicted molar refractivity (Wildman–Crippen MR) is 117 cm³/mol. The maximum Gasteiger partial charge on any atom is 0.262 e. The Hall–Kier alpha value is -2.06. The lowest BCUT2D eigenvalue weighted by atomic mass is 10.2. The fraction of sp³-hybridized carbons (Fsp3) is 0.250. The van der Waals surface area contributed by atoms with Crippen molar-refractivity contribution >= 4 is 51.6 Å². The maximum absolute atomic E-state index is 13.0. The van der Waals surface area contributed by atoms with Gasteiger partial charge in [0.15, 0.2) is 5.16 Å². The number of para-hydroxylation sites is 1. The van der Waals surface area contributed by atoms with Crippen molar-refractivity contribution in [3.8, 4) is 0 Å². The Labute approximate surface area is 181 Å². The largest absolute Gasteiger partial charge is 0.385 e. The van der Waals surface area contributed by atoms with Gasteiger partial charge in [-0.05, 0) is 36.2 Å². The topological polar surface area (TPSA) is 61.4 Å². The predicted octanol–water partition coefficient (Wildman–Crippen LogP) is 4.68. The number of hydrogen-bond acceptors (Lipinski definition) is 5. The number of fused-ring (bicyclic) bond motifs is 3. The molecule has 0 saturated carbocycles. The highest BCUT2D eigenvalue weighted by Crippen LogP contribution is 2.28. The van der Waals surface area contributed by atoms with Gasteiger partial charge in [0.25, 0.3) is 5.56 Å². The third-order valence-electron chi connectivity index (χ3n) is 4.56. The van der Waals surface area contributed by atoms with Crippen LogP contribution in [0.4, 0.5) is 0 Å². The van der Waals surface area contributed by atoms with Gasteiger partial charge in [-0.1, -0.05) is 53.2 Å². The van der Waals surface area contributed by atoms with Crippen molar-refractivity contribution in [2.45, 2.75) is 23.9 Å². The van der Waals surface area contributed by atoms with E-state index in [1.54, 1.807) is 17.7 Å². The smallest absolute Gasteiger partial charge is 0.262 e. The minimum Gasteiger partial charge on any atom is -0.385 e. The number of hydrogen-bond donors (Lipinski definition) is 0. The van der Waals surface area contributed by atoms with Gasteiger partial charge in [0.2, 0.25) is 5.78 Å². The Morgan fingerprint density at radius 2 is 1.93 bits per heavy atom. The zero-order valence-electron chi connectivity index (χ0n) is 15.6. The van der Waals surface area contributed by atoms with Gasteiger partial charge < -0.3 is 4.74 Å². The molecular formula is C20H18Cl2N4O2S. The minimum atomic E-state index is -0.0716. The first-order valence-corrected chi connectivity index (χ1v) is 10.8. The van der Waals surface area contributed by atoms with Crippen LogP contribution in [0.15, 0.2) is 52.4 Å². The summed E-state index contributed by atoms with van der Waals surface area (Å²) in [4.78, 5) is 13.0. The first-order valence-electron chi connectivity index (χ1n) is 9.02. The molecule has 0 N–H and O–H groups in total. The van der Waals surface area contributed by atoms with E-state index in [0.717, 1.165) is 11.1 Å². The molecule has 6 nitrogen and oxygen atoms in total. The van der Waals surface area contributed by atoms with E-state index in [0.29, 0.717) is 51.7 Å². The molecule has 0 spiro atoms. The highest BCUT2D eigenvalue weighted by molar-refractivity contribution is 7.98. The molecule has 0 aliphatic heterocycles. The zero-order chi connectivity index (χ0) is 20.4. The van der Waals surface area contributed by atoms with Crippen molar-refractivity contribution in [2.24, 2.45) is 0 Å². The average Bonchev–Trinajstić information content (AvgIpc) is 3.15. The van der Waals surface area contributed by atoms with Crippen LogP contribution >= 0.6 is 35.0 Å². The molecule has 0 atom stereocenters. The molecule has 4 aromatic rings.